The standard InChI is InChI=1S/C17H22F2N4S/c1-3-4-13-9-14(21-12-5-7-17(18,19)8-6-12)23-15(22-13)16-20-11(2)10-24-16/h9-10,12H,3-8H2,1-2H3,(H,21,22,23). The van der Waals surface area contributed by atoms with Gasteiger partial charge in [0.25, 0.3) is 0 Å². The van der Waals surface area contributed by atoms with Crippen molar-refractivity contribution in [2.45, 2.75) is 64.3 Å². The molecule has 7 heteroatoms. The maximum atomic E-state index is 13.3. The molecule has 1 aliphatic carbocycles. The quantitative estimate of drug-likeness (QED) is 0.836. The summed E-state index contributed by atoms with van der Waals surface area (Å²) < 4.78 is 26.6. The summed E-state index contributed by atoms with van der Waals surface area (Å²) in [6, 6.07) is 1.97. The van der Waals surface area contributed by atoms with Crippen LogP contribution in [-0.4, -0.2) is 26.9 Å². The summed E-state index contributed by atoms with van der Waals surface area (Å²) in [6.45, 7) is 4.04. The molecule has 0 amide bonds. The van der Waals surface area contributed by atoms with Crippen molar-refractivity contribution in [3.05, 3.63) is 22.8 Å². The molecule has 0 aromatic carbocycles. The van der Waals surface area contributed by atoms with E-state index in [1.807, 2.05) is 18.4 Å². The summed E-state index contributed by atoms with van der Waals surface area (Å²) in [5.41, 5.74) is 1.91. The van der Waals surface area contributed by atoms with E-state index < -0.39 is 5.92 Å². The smallest absolute Gasteiger partial charge is 0.248 e. The Morgan fingerprint density at radius 1 is 1.25 bits per heavy atom. The number of nitrogens with zero attached hydrogens (tertiary/aromatic N) is 3. The summed E-state index contributed by atoms with van der Waals surface area (Å²) in [5, 5.41) is 6.10. The Morgan fingerprint density at radius 2 is 2.00 bits per heavy atom. The van der Waals surface area contributed by atoms with Gasteiger partial charge in [0.05, 0.1) is 0 Å². The van der Waals surface area contributed by atoms with E-state index in [9.17, 15) is 8.78 Å². The van der Waals surface area contributed by atoms with Crippen LogP contribution in [0.15, 0.2) is 11.4 Å². The van der Waals surface area contributed by atoms with Crippen LogP contribution in [-0.2, 0) is 6.42 Å². The lowest BCUT2D eigenvalue weighted by atomic mass is 9.92. The summed E-state index contributed by atoms with van der Waals surface area (Å²) in [7, 11) is 0. The van der Waals surface area contributed by atoms with Crippen LogP contribution in [0.1, 0.15) is 50.4 Å². The normalized spacial score (nSPS) is 17.8. The number of halogens is 2. The van der Waals surface area contributed by atoms with Crippen LogP contribution >= 0.6 is 11.3 Å². The lowest BCUT2D eigenvalue weighted by Gasteiger charge is -2.29. The summed E-state index contributed by atoms with van der Waals surface area (Å²) in [5.74, 6) is -1.19. The van der Waals surface area contributed by atoms with Gasteiger partial charge in [0.2, 0.25) is 5.92 Å². The Hall–Kier alpha value is -1.63. The largest absolute Gasteiger partial charge is 0.367 e. The molecule has 0 aliphatic heterocycles. The second-order valence-corrected chi connectivity index (χ2v) is 7.24. The second-order valence-electron chi connectivity index (χ2n) is 6.39. The minimum atomic E-state index is -2.51. The fourth-order valence-electron chi connectivity index (χ4n) is 2.90. The predicted molar refractivity (Wildman–Crippen MR) is 92.7 cm³/mol. The molecule has 1 fully saturated rings. The van der Waals surface area contributed by atoms with Crippen molar-refractivity contribution in [2.75, 3.05) is 5.32 Å². The summed E-state index contributed by atoms with van der Waals surface area (Å²) in [4.78, 5) is 13.6. The summed E-state index contributed by atoms with van der Waals surface area (Å²) in [6.07, 6.45) is 2.66. The summed E-state index contributed by atoms with van der Waals surface area (Å²) >= 11 is 1.52. The highest BCUT2D eigenvalue weighted by atomic mass is 32.1. The van der Waals surface area contributed by atoms with Crippen LogP contribution in [0.2, 0.25) is 0 Å². The molecule has 0 unspecified atom stereocenters. The maximum Gasteiger partial charge on any atom is 0.248 e. The van der Waals surface area contributed by atoms with E-state index in [2.05, 4.69) is 27.2 Å². The van der Waals surface area contributed by atoms with E-state index in [1.165, 1.54) is 11.3 Å². The first kappa shape index (κ1) is 17.2. The Morgan fingerprint density at radius 3 is 2.62 bits per heavy atom. The minimum absolute atomic E-state index is 0.0416. The SMILES string of the molecule is CCCc1cc(NC2CCC(F)(F)CC2)nc(-c2nc(C)cs2)n1. The fraction of sp³-hybridized carbons (Fsp3) is 0.588. The van der Waals surface area contributed by atoms with Gasteiger partial charge in [0, 0.05) is 41.7 Å². The van der Waals surface area contributed by atoms with Gasteiger partial charge in [-0.05, 0) is 26.2 Å². The number of hydrogen-bond donors (Lipinski definition) is 1. The molecule has 1 aliphatic rings. The topological polar surface area (TPSA) is 50.7 Å². The molecule has 3 rings (SSSR count). The number of thiazole rings is 1. The van der Waals surface area contributed by atoms with Gasteiger partial charge in [-0.25, -0.2) is 23.7 Å². The van der Waals surface area contributed by atoms with Crippen molar-refractivity contribution < 1.29 is 8.78 Å². The molecule has 1 N–H and O–H groups in total. The minimum Gasteiger partial charge on any atom is -0.367 e. The average Bonchev–Trinajstić information content (AvgIpc) is 2.96. The van der Waals surface area contributed by atoms with Crippen LogP contribution in [0.5, 0.6) is 0 Å². The zero-order valence-electron chi connectivity index (χ0n) is 14.0. The molecule has 0 atom stereocenters. The molecular weight excluding hydrogens is 330 g/mol. The molecule has 2 heterocycles. The van der Waals surface area contributed by atoms with Crippen LogP contribution < -0.4 is 5.32 Å². The van der Waals surface area contributed by atoms with Crippen molar-refractivity contribution >= 4 is 17.2 Å². The molecule has 2 aromatic heterocycles. The van der Waals surface area contributed by atoms with E-state index in [-0.39, 0.29) is 18.9 Å². The van der Waals surface area contributed by atoms with Gasteiger partial charge in [-0.15, -0.1) is 11.3 Å². The van der Waals surface area contributed by atoms with E-state index in [4.69, 9.17) is 0 Å². The lowest BCUT2D eigenvalue weighted by molar-refractivity contribution is -0.0361. The molecule has 130 valence electrons. The number of anilines is 1. The number of rotatable bonds is 5. The third kappa shape index (κ3) is 4.26. The van der Waals surface area contributed by atoms with Crippen molar-refractivity contribution in [1.82, 2.24) is 15.0 Å². The Kier molecular flexibility index (Phi) is 5.08. The molecule has 0 bridgehead atoms. The van der Waals surface area contributed by atoms with Gasteiger partial charge in [-0.3, -0.25) is 0 Å². The number of alkyl halides is 2. The Bertz CT molecular complexity index is 692. The molecule has 24 heavy (non-hydrogen) atoms. The van der Waals surface area contributed by atoms with Crippen LogP contribution in [0, 0.1) is 6.92 Å². The highest BCUT2D eigenvalue weighted by molar-refractivity contribution is 7.13. The zero-order valence-corrected chi connectivity index (χ0v) is 14.8. The van der Waals surface area contributed by atoms with E-state index in [0.29, 0.717) is 24.5 Å². The van der Waals surface area contributed by atoms with E-state index in [1.54, 1.807) is 0 Å². The monoisotopic (exact) mass is 352 g/mol. The van der Waals surface area contributed by atoms with Crippen LogP contribution in [0.3, 0.4) is 0 Å². The third-order valence-electron chi connectivity index (χ3n) is 4.16. The Labute approximate surface area is 144 Å². The van der Waals surface area contributed by atoms with Gasteiger partial charge in [-0.2, -0.15) is 0 Å². The molecule has 4 nitrogen and oxygen atoms in total. The highest BCUT2D eigenvalue weighted by Crippen LogP contribution is 2.34. The molecule has 0 spiro atoms. The average molecular weight is 352 g/mol. The zero-order chi connectivity index (χ0) is 17.2. The van der Waals surface area contributed by atoms with Crippen molar-refractivity contribution in [3.63, 3.8) is 0 Å². The first-order chi connectivity index (χ1) is 11.4. The van der Waals surface area contributed by atoms with Crippen LogP contribution in [0.25, 0.3) is 10.8 Å². The third-order valence-corrected chi connectivity index (χ3v) is 5.12. The van der Waals surface area contributed by atoms with Crippen molar-refractivity contribution in [3.8, 4) is 10.8 Å². The number of aromatic nitrogens is 3. The molecule has 2 aromatic rings. The lowest BCUT2D eigenvalue weighted by Crippen LogP contribution is -2.32. The van der Waals surface area contributed by atoms with Crippen molar-refractivity contribution in [2.24, 2.45) is 0 Å². The van der Waals surface area contributed by atoms with E-state index >= 15 is 0 Å². The fourth-order valence-corrected chi connectivity index (χ4v) is 3.63. The Balaban J connectivity index is 1.80. The molecular formula is C17H22F2N4S. The van der Waals surface area contributed by atoms with Gasteiger partial charge in [0.15, 0.2) is 10.8 Å². The van der Waals surface area contributed by atoms with E-state index in [0.717, 1.165) is 29.2 Å². The predicted octanol–water partition coefficient (Wildman–Crippen LogP) is 4.85. The van der Waals surface area contributed by atoms with Crippen molar-refractivity contribution in [1.29, 1.82) is 0 Å². The molecule has 0 saturated heterocycles. The van der Waals surface area contributed by atoms with Gasteiger partial charge in [0.1, 0.15) is 5.82 Å². The van der Waals surface area contributed by atoms with Gasteiger partial charge < -0.3 is 5.32 Å². The number of hydrogen-bond acceptors (Lipinski definition) is 5. The number of nitrogens with one attached hydrogen (secondary N) is 1. The highest BCUT2D eigenvalue weighted by Gasteiger charge is 2.35. The number of aryl methyl sites for hydroxylation is 2. The molecule has 1 saturated carbocycles. The first-order valence-corrected chi connectivity index (χ1v) is 9.28. The van der Waals surface area contributed by atoms with Crippen LogP contribution in [0.4, 0.5) is 14.6 Å². The first-order valence-electron chi connectivity index (χ1n) is 8.40. The maximum absolute atomic E-state index is 13.3. The van der Waals surface area contributed by atoms with Gasteiger partial charge >= 0.3 is 0 Å². The van der Waals surface area contributed by atoms with Gasteiger partial charge in [-0.1, -0.05) is 13.3 Å². The molecule has 0 radical (unpaired) electrons. The second kappa shape index (κ2) is 7.09.